The Bertz CT molecular complexity index is 502. The lowest BCUT2D eigenvalue weighted by atomic mass is 10.2. The molecule has 2 N–H and O–H groups in total. The summed E-state index contributed by atoms with van der Waals surface area (Å²) in [4.78, 5) is 18.3. The quantitative estimate of drug-likeness (QED) is 0.863. The number of imidazole rings is 1. The molecule has 2 aromatic rings. The van der Waals surface area contributed by atoms with Crippen LogP contribution in [0.2, 0.25) is 0 Å². The number of amides is 1. The molecule has 0 aromatic carbocycles. The van der Waals surface area contributed by atoms with Crippen molar-refractivity contribution in [3.63, 3.8) is 0 Å². The Morgan fingerprint density at radius 3 is 3.00 bits per heavy atom. The van der Waals surface area contributed by atoms with Crippen LogP contribution >= 0.6 is 11.8 Å². The highest BCUT2D eigenvalue weighted by Gasteiger charge is 2.10. The van der Waals surface area contributed by atoms with Crippen LogP contribution in [0, 0.1) is 13.8 Å². The van der Waals surface area contributed by atoms with E-state index in [1.807, 2.05) is 13.8 Å². The second-order valence-electron chi connectivity index (χ2n) is 3.78. The molecule has 96 valence electrons. The van der Waals surface area contributed by atoms with Crippen molar-refractivity contribution in [3.05, 3.63) is 29.4 Å². The second kappa shape index (κ2) is 5.72. The standard InChI is InChI=1S/C11H14N4O2S/c1-7-9(8(2)17-15-7)5-18-6-10(16)14-11-12-3-4-13-11/h3-4H,5-6H2,1-2H3,(H2,12,13,14,16). The van der Waals surface area contributed by atoms with Gasteiger partial charge in [-0.3, -0.25) is 10.1 Å². The third-order valence-corrected chi connectivity index (χ3v) is 3.38. The lowest BCUT2D eigenvalue weighted by Crippen LogP contribution is -2.15. The first-order valence-electron chi connectivity index (χ1n) is 5.45. The van der Waals surface area contributed by atoms with Crippen molar-refractivity contribution in [2.24, 2.45) is 0 Å². The lowest BCUT2D eigenvalue weighted by molar-refractivity contribution is -0.113. The molecule has 0 radical (unpaired) electrons. The minimum atomic E-state index is -0.0817. The SMILES string of the molecule is Cc1noc(C)c1CSCC(=O)Nc1ncc[nH]1. The first kappa shape index (κ1) is 12.7. The maximum Gasteiger partial charge on any atom is 0.236 e. The number of nitrogens with zero attached hydrogens (tertiary/aromatic N) is 2. The van der Waals surface area contributed by atoms with E-state index < -0.39 is 0 Å². The monoisotopic (exact) mass is 266 g/mol. The van der Waals surface area contributed by atoms with Gasteiger partial charge in [-0.25, -0.2) is 4.98 Å². The van der Waals surface area contributed by atoms with Gasteiger partial charge in [-0.15, -0.1) is 11.8 Å². The van der Waals surface area contributed by atoms with Gasteiger partial charge in [0.15, 0.2) is 0 Å². The molecule has 7 heteroatoms. The predicted octanol–water partition coefficient (Wildman–Crippen LogP) is 1.89. The van der Waals surface area contributed by atoms with Crippen LogP contribution in [0.15, 0.2) is 16.9 Å². The van der Waals surface area contributed by atoms with E-state index in [9.17, 15) is 4.79 Å². The van der Waals surface area contributed by atoms with Crippen molar-refractivity contribution in [2.75, 3.05) is 11.1 Å². The molecule has 0 spiro atoms. The zero-order chi connectivity index (χ0) is 13.0. The second-order valence-corrected chi connectivity index (χ2v) is 4.77. The van der Waals surface area contributed by atoms with Crippen LogP contribution in [0.1, 0.15) is 17.0 Å². The number of hydrogen-bond donors (Lipinski definition) is 2. The van der Waals surface area contributed by atoms with Crippen molar-refractivity contribution < 1.29 is 9.32 Å². The molecule has 0 fully saturated rings. The molecule has 0 unspecified atom stereocenters. The number of carbonyl (C=O) groups is 1. The van der Waals surface area contributed by atoms with Crippen molar-refractivity contribution in [1.82, 2.24) is 15.1 Å². The third kappa shape index (κ3) is 3.13. The van der Waals surface area contributed by atoms with Crippen LogP contribution in [0.25, 0.3) is 0 Å². The molecule has 0 saturated carbocycles. The summed E-state index contributed by atoms with van der Waals surface area (Å²) in [7, 11) is 0. The van der Waals surface area contributed by atoms with E-state index in [-0.39, 0.29) is 5.91 Å². The number of aryl methyl sites for hydroxylation is 2. The van der Waals surface area contributed by atoms with Crippen molar-refractivity contribution in [3.8, 4) is 0 Å². The fourth-order valence-corrected chi connectivity index (χ4v) is 2.43. The minimum Gasteiger partial charge on any atom is -0.361 e. The summed E-state index contributed by atoms with van der Waals surface area (Å²) in [6, 6.07) is 0. The third-order valence-electron chi connectivity index (χ3n) is 2.42. The molecule has 0 aliphatic rings. The number of H-pyrrole nitrogens is 1. The number of rotatable bonds is 5. The molecule has 6 nitrogen and oxygen atoms in total. The smallest absolute Gasteiger partial charge is 0.236 e. The number of aromatic nitrogens is 3. The van der Waals surface area contributed by atoms with E-state index in [0.717, 1.165) is 17.0 Å². The molecule has 2 rings (SSSR count). The van der Waals surface area contributed by atoms with E-state index in [1.54, 1.807) is 12.4 Å². The fraction of sp³-hybridized carbons (Fsp3) is 0.364. The molecule has 0 aliphatic carbocycles. The van der Waals surface area contributed by atoms with Crippen molar-refractivity contribution in [2.45, 2.75) is 19.6 Å². The molecule has 1 amide bonds. The molecule has 2 aromatic heterocycles. The topological polar surface area (TPSA) is 83.8 Å². The minimum absolute atomic E-state index is 0.0817. The van der Waals surface area contributed by atoms with Gasteiger partial charge in [0.2, 0.25) is 11.9 Å². The Kier molecular flexibility index (Phi) is 4.03. The Hall–Kier alpha value is -1.76. The Morgan fingerprint density at radius 1 is 1.56 bits per heavy atom. The van der Waals surface area contributed by atoms with Gasteiger partial charge in [-0.1, -0.05) is 5.16 Å². The number of thioether (sulfide) groups is 1. The largest absolute Gasteiger partial charge is 0.361 e. The summed E-state index contributed by atoms with van der Waals surface area (Å²) in [6.07, 6.45) is 3.25. The highest BCUT2D eigenvalue weighted by molar-refractivity contribution is 7.99. The predicted molar refractivity (Wildman–Crippen MR) is 69.4 cm³/mol. The van der Waals surface area contributed by atoms with E-state index in [0.29, 0.717) is 17.5 Å². The first-order valence-corrected chi connectivity index (χ1v) is 6.61. The van der Waals surface area contributed by atoms with Gasteiger partial charge < -0.3 is 9.51 Å². The zero-order valence-corrected chi connectivity index (χ0v) is 11.0. The van der Waals surface area contributed by atoms with Crippen molar-refractivity contribution >= 4 is 23.6 Å². The number of nitrogens with one attached hydrogen (secondary N) is 2. The number of aromatic amines is 1. The van der Waals surface area contributed by atoms with Gasteiger partial charge in [0.1, 0.15) is 5.76 Å². The Morgan fingerprint density at radius 2 is 2.39 bits per heavy atom. The van der Waals surface area contributed by atoms with Crippen LogP contribution in [0.3, 0.4) is 0 Å². The number of hydrogen-bond acceptors (Lipinski definition) is 5. The normalized spacial score (nSPS) is 10.6. The van der Waals surface area contributed by atoms with E-state index in [1.165, 1.54) is 11.8 Å². The summed E-state index contributed by atoms with van der Waals surface area (Å²) in [5, 5.41) is 6.54. The molecule has 0 bridgehead atoms. The summed E-state index contributed by atoms with van der Waals surface area (Å²) in [5.74, 6) is 2.28. The van der Waals surface area contributed by atoms with Gasteiger partial charge in [-0.05, 0) is 13.8 Å². The van der Waals surface area contributed by atoms with E-state index >= 15 is 0 Å². The average Bonchev–Trinajstić information content (AvgIpc) is 2.93. The molecular formula is C11H14N4O2S. The maximum absolute atomic E-state index is 11.6. The summed E-state index contributed by atoms with van der Waals surface area (Å²) in [6.45, 7) is 3.77. The molecule has 0 aliphatic heterocycles. The van der Waals surface area contributed by atoms with Gasteiger partial charge >= 0.3 is 0 Å². The van der Waals surface area contributed by atoms with Crippen LogP contribution in [-0.2, 0) is 10.5 Å². The molecule has 18 heavy (non-hydrogen) atoms. The van der Waals surface area contributed by atoms with Gasteiger partial charge in [0.25, 0.3) is 0 Å². The highest BCUT2D eigenvalue weighted by atomic mass is 32.2. The van der Waals surface area contributed by atoms with E-state index in [2.05, 4.69) is 20.4 Å². The lowest BCUT2D eigenvalue weighted by Gasteiger charge is -2.02. The van der Waals surface area contributed by atoms with Gasteiger partial charge in [0.05, 0.1) is 11.4 Å². The molecule has 0 saturated heterocycles. The van der Waals surface area contributed by atoms with Crippen molar-refractivity contribution in [1.29, 1.82) is 0 Å². The fourth-order valence-electron chi connectivity index (χ4n) is 1.46. The summed E-state index contributed by atoms with van der Waals surface area (Å²) >= 11 is 1.52. The average molecular weight is 266 g/mol. The van der Waals surface area contributed by atoms with Crippen LogP contribution in [0.4, 0.5) is 5.95 Å². The highest BCUT2D eigenvalue weighted by Crippen LogP contribution is 2.19. The first-order chi connectivity index (χ1) is 8.66. The number of carbonyl (C=O) groups excluding carboxylic acids is 1. The van der Waals surface area contributed by atoms with Crippen LogP contribution < -0.4 is 5.32 Å². The van der Waals surface area contributed by atoms with Crippen LogP contribution in [-0.4, -0.2) is 26.8 Å². The van der Waals surface area contributed by atoms with Crippen LogP contribution in [0.5, 0.6) is 0 Å². The summed E-state index contributed by atoms with van der Waals surface area (Å²) in [5.41, 5.74) is 1.94. The van der Waals surface area contributed by atoms with Gasteiger partial charge in [-0.2, -0.15) is 0 Å². The van der Waals surface area contributed by atoms with E-state index in [4.69, 9.17) is 4.52 Å². The van der Waals surface area contributed by atoms with Gasteiger partial charge in [0, 0.05) is 23.7 Å². The number of anilines is 1. The molecule has 0 atom stereocenters. The zero-order valence-electron chi connectivity index (χ0n) is 10.2. The molecule has 2 heterocycles. The Labute approximate surface area is 109 Å². The molecular weight excluding hydrogens is 252 g/mol. The Balaban J connectivity index is 1.77. The summed E-state index contributed by atoms with van der Waals surface area (Å²) < 4.78 is 5.06. The maximum atomic E-state index is 11.6.